The number of carbonyl (C=O) groups excluding carboxylic acids is 2. The second kappa shape index (κ2) is 6.13. The van der Waals surface area contributed by atoms with E-state index in [2.05, 4.69) is 10.6 Å². The Bertz CT molecular complexity index is 208. The zero-order valence-electron chi connectivity index (χ0n) is 7.69. The molecule has 0 aliphatic carbocycles. The molecule has 0 unspecified atom stereocenters. The molecular formula is C6H16N6O2. The summed E-state index contributed by atoms with van der Waals surface area (Å²) in [5.74, 6) is -0.510. The predicted molar refractivity (Wildman–Crippen MR) is 50.7 cm³/mol. The molecule has 8 heteroatoms. The third kappa shape index (κ3) is 4.60. The van der Waals surface area contributed by atoms with E-state index in [9.17, 15) is 9.59 Å². The molecule has 0 rings (SSSR count). The minimum atomic E-state index is -0.884. The lowest BCUT2D eigenvalue weighted by Crippen LogP contribution is -2.57. The molecular weight excluding hydrogens is 188 g/mol. The minimum Gasteiger partial charge on any atom is -0.352 e. The van der Waals surface area contributed by atoms with Crippen molar-refractivity contribution < 1.29 is 9.59 Å². The average Bonchev–Trinajstić information content (AvgIpc) is 2.13. The van der Waals surface area contributed by atoms with E-state index in [-0.39, 0.29) is 13.1 Å². The summed E-state index contributed by atoms with van der Waals surface area (Å²) < 4.78 is 0. The van der Waals surface area contributed by atoms with Crippen molar-refractivity contribution in [3.63, 3.8) is 0 Å². The Morgan fingerprint density at radius 2 is 1.71 bits per heavy atom. The van der Waals surface area contributed by atoms with Crippen LogP contribution in [0.15, 0.2) is 0 Å². The lowest BCUT2D eigenvalue weighted by molar-refractivity contribution is -0.123. The second-order valence-corrected chi connectivity index (χ2v) is 2.65. The van der Waals surface area contributed by atoms with Crippen LogP contribution in [0, 0.1) is 0 Å². The first-order valence-electron chi connectivity index (χ1n) is 4.03. The van der Waals surface area contributed by atoms with Gasteiger partial charge in [0.1, 0.15) is 6.04 Å². The molecule has 8 nitrogen and oxygen atoms in total. The van der Waals surface area contributed by atoms with Crippen LogP contribution >= 0.6 is 0 Å². The molecule has 0 bridgehead atoms. The number of nitrogens with two attached hydrogens (primary N) is 4. The normalized spacial score (nSPS) is 14.2. The van der Waals surface area contributed by atoms with Crippen molar-refractivity contribution in [1.29, 1.82) is 0 Å². The molecule has 3 amide bonds. The van der Waals surface area contributed by atoms with Gasteiger partial charge in [0.05, 0.1) is 6.17 Å². The molecule has 0 aromatic carbocycles. The highest BCUT2D eigenvalue weighted by molar-refractivity contribution is 5.86. The van der Waals surface area contributed by atoms with E-state index in [1.807, 2.05) is 0 Å². The molecule has 0 aliphatic rings. The van der Waals surface area contributed by atoms with E-state index in [0.717, 1.165) is 0 Å². The van der Waals surface area contributed by atoms with E-state index in [1.165, 1.54) is 0 Å². The van der Waals surface area contributed by atoms with Crippen molar-refractivity contribution in [3.05, 3.63) is 0 Å². The molecule has 0 saturated carbocycles. The molecule has 14 heavy (non-hydrogen) atoms. The monoisotopic (exact) mass is 204 g/mol. The Morgan fingerprint density at radius 1 is 1.14 bits per heavy atom. The van der Waals surface area contributed by atoms with Crippen molar-refractivity contribution in [2.45, 2.75) is 12.2 Å². The Labute approximate surface area is 81.3 Å². The van der Waals surface area contributed by atoms with Gasteiger partial charge >= 0.3 is 6.03 Å². The summed E-state index contributed by atoms with van der Waals surface area (Å²) in [6.45, 7) is 0.0334. The van der Waals surface area contributed by atoms with Gasteiger partial charge in [0, 0.05) is 13.1 Å². The number of carbonyl (C=O) groups is 2. The van der Waals surface area contributed by atoms with Crippen LogP contribution in [0.1, 0.15) is 0 Å². The van der Waals surface area contributed by atoms with Gasteiger partial charge in [-0.25, -0.2) is 4.79 Å². The van der Waals surface area contributed by atoms with Gasteiger partial charge in [-0.05, 0) is 0 Å². The first kappa shape index (κ1) is 12.6. The Morgan fingerprint density at radius 3 is 2.07 bits per heavy atom. The zero-order valence-corrected chi connectivity index (χ0v) is 7.69. The van der Waals surface area contributed by atoms with Crippen molar-refractivity contribution in [2.24, 2.45) is 22.9 Å². The Kier molecular flexibility index (Phi) is 5.53. The van der Waals surface area contributed by atoms with Crippen LogP contribution in [0.2, 0.25) is 0 Å². The number of hydrogen-bond acceptors (Lipinski definition) is 5. The Hall–Kier alpha value is -1.38. The summed E-state index contributed by atoms with van der Waals surface area (Å²) in [6.07, 6.45) is -0.661. The largest absolute Gasteiger partial charge is 0.352 e. The van der Waals surface area contributed by atoms with Gasteiger partial charge in [-0.3, -0.25) is 4.79 Å². The fourth-order valence-corrected chi connectivity index (χ4v) is 0.745. The number of nitrogens with one attached hydrogen (secondary N) is 2. The summed E-state index contributed by atoms with van der Waals surface area (Å²) in [5, 5.41) is 4.51. The summed E-state index contributed by atoms with van der Waals surface area (Å²) in [4.78, 5) is 21.7. The van der Waals surface area contributed by atoms with E-state index in [0.29, 0.717) is 0 Å². The molecule has 0 saturated heterocycles. The van der Waals surface area contributed by atoms with Gasteiger partial charge in [0.15, 0.2) is 0 Å². The Balaban J connectivity index is 4.10. The molecule has 82 valence electrons. The molecule has 0 aromatic rings. The highest BCUT2D eigenvalue weighted by atomic mass is 16.2. The summed E-state index contributed by atoms with van der Waals surface area (Å²) in [6, 6.07) is -1.71. The van der Waals surface area contributed by atoms with Gasteiger partial charge in [-0.2, -0.15) is 0 Å². The fraction of sp³-hybridized carbons (Fsp3) is 0.667. The number of amides is 3. The fourth-order valence-electron chi connectivity index (χ4n) is 0.745. The molecule has 0 radical (unpaired) electrons. The summed E-state index contributed by atoms with van der Waals surface area (Å²) in [5.41, 5.74) is 20.6. The van der Waals surface area contributed by atoms with Crippen molar-refractivity contribution in [2.75, 3.05) is 13.1 Å². The number of rotatable bonds is 5. The van der Waals surface area contributed by atoms with Gasteiger partial charge < -0.3 is 33.6 Å². The third-order valence-corrected chi connectivity index (χ3v) is 1.45. The van der Waals surface area contributed by atoms with Crippen LogP contribution in [0.3, 0.4) is 0 Å². The van der Waals surface area contributed by atoms with Crippen LogP contribution in [0.25, 0.3) is 0 Å². The van der Waals surface area contributed by atoms with Crippen LogP contribution in [0.5, 0.6) is 0 Å². The van der Waals surface area contributed by atoms with E-state index in [4.69, 9.17) is 22.9 Å². The van der Waals surface area contributed by atoms with Crippen LogP contribution < -0.4 is 33.6 Å². The number of urea groups is 1. The maximum absolute atomic E-state index is 11.3. The smallest absolute Gasteiger partial charge is 0.312 e. The minimum absolute atomic E-state index is 0.0634. The summed E-state index contributed by atoms with van der Waals surface area (Å²) in [7, 11) is 0. The molecule has 10 N–H and O–H groups in total. The van der Waals surface area contributed by atoms with Crippen LogP contribution in [0.4, 0.5) is 4.79 Å². The molecule has 0 spiro atoms. The quantitative estimate of drug-likeness (QED) is 0.254. The lowest BCUT2D eigenvalue weighted by Gasteiger charge is -2.18. The van der Waals surface area contributed by atoms with Crippen LogP contribution in [-0.4, -0.2) is 37.2 Å². The molecule has 0 aliphatic heterocycles. The van der Waals surface area contributed by atoms with E-state index >= 15 is 0 Å². The maximum atomic E-state index is 11.3. The number of primary amides is 1. The molecule has 0 fully saturated rings. The zero-order chi connectivity index (χ0) is 11.1. The van der Waals surface area contributed by atoms with Crippen molar-refractivity contribution >= 4 is 11.9 Å². The predicted octanol–water partition coefficient (Wildman–Crippen LogP) is -3.66. The van der Waals surface area contributed by atoms with Gasteiger partial charge in [0.2, 0.25) is 5.91 Å². The molecule has 2 atom stereocenters. The first-order chi connectivity index (χ1) is 6.51. The lowest BCUT2D eigenvalue weighted by atomic mass is 10.2. The average molecular weight is 204 g/mol. The standard InChI is InChI=1S/C6H16N6O2/c7-1-3(11-6(10)14)5(13)12-4(9)2-8/h3-4H,1-2,7-9H2,(H,12,13)(H3,10,11,14)/t3-,4-/m0/s1. The van der Waals surface area contributed by atoms with Gasteiger partial charge in [-0.15, -0.1) is 0 Å². The topological polar surface area (TPSA) is 162 Å². The third-order valence-electron chi connectivity index (χ3n) is 1.45. The van der Waals surface area contributed by atoms with Gasteiger partial charge in [-0.1, -0.05) is 0 Å². The highest BCUT2D eigenvalue weighted by Gasteiger charge is 2.18. The molecule has 0 heterocycles. The van der Waals surface area contributed by atoms with Crippen molar-refractivity contribution in [3.8, 4) is 0 Å². The SMILES string of the molecule is NC[C@@H](N)NC(=O)[C@H](CN)NC(N)=O. The second-order valence-electron chi connectivity index (χ2n) is 2.65. The first-order valence-corrected chi connectivity index (χ1v) is 4.03. The van der Waals surface area contributed by atoms with Crippen LogP contribution in [-0.2, 0) is 4.79 Å². The van der Waals surface area contributed by atoms with Gasteiger partial charge in [0.25, 0.3) is 0 Å². The molecule has 0 aromatic heterocycles. The van der Waals surface area contributed by atoms with E-state index < -0.39 is 24.1 Å². The highest BCUT2D eigenvalue weighted by Crippen LogP contribution is 1.81. The maximum Gasteiger partial charge on any atom is 0.312 e. The van der Waals surface area contributed by atoms with E-state index in [1.54, 1.807) is 0 Å². The van der Waals surface area contributed by atoms with Crippen molar-refractivity contribution in [1.82, 2.24) is 10.6 Å². The summed E-state index contributed by atoms with van der Waals surface area (Å²) >= 11 is 0. The number of hydrogen-bond donors (Lipinski definition) is 6.